The molecule has 0 aliphatic heterocycles. The molecule has 0 aromatic carbocycles. The van der Waals surface area contributed by atoms with Gasteiger partial charge < -0.3 is 6.15 Å². The van der Waals surface area contributed by atoms with Gasteiger partial charge in [0.15, 0.2) is 0 Å². The third kappa shape index (κ3) is 2.49. The van der Waals surface area contributed by atoms with E-state index in [1.807, 2.05) is 0 Å². The molecule has 0 aliphatic carbocycles. The largest absolute Gasteiger partial charge is 0.428 e. The quantitative estimate of drug-likeness (QED) is 0.574. The molecule has 0 fully saturated rings. The van der Waals surface area contributed by atoms with Crippen molar-refractivity contribution in [1.82, 2.24) is 6.15 Å². The topological polar surface area (TPSA) is 89.4 Å². The molecule has 0 aliphatic rings. The lowest BCUT2D eigenvalue weighted by molar-refractivity contribution is -0.349. The minimum Gasteiger partial charge on any atom is -0.344 e. The van der Waals surface area contributed by atoms with Gasteiger partial charge in [-0.2, -0.15) is 47.9 Å². The lowest BCUT2D eigenvalue weighted by Crippen LogP contribution is -2.70. The van der Waals surface area contributed by atoms with E-state index in [0.717, 1.165) is 0 Å². The number of hydrogen-bond donors (Lipinski definition) is 2. The summed E-state index contributed by atoms with van der Waals surface area (Å²) in [5.74, 6) is 0. The van der Waals surface area contributed by atoms with Crippen molar-refractivity contribution >= 4 is 10.1 Å². The Morgan fingerprint density at radius 1 is 0.667 bits per heavy atom. The minimum atomic E-state index is -7.57. The standard InChI is InChI=1S/C4HF9O3S.H3N/c5-2(6,7)1(3(8,9)10,4(11,12)13)17(14,15)16;/h(H,14,15,16);1H3. The van der Waals surface area contributed by atoms with E-state index in [4.69, 9.17) is 4.55 Å². The van der Waals surface area contributed by atoms with Crippen LogP contribution in [-0.2, 0) is 10.1 Å². The fraction of sp³-hybridized carbons (Fsp3) is 1.00. The third-order valence-electron chi connectivity index (χ3n) is 1.58. The van der Waals surface area contributed by atoms with Crippen molar-refractivity contribution in [3.8, 4) is 0 Å². The summed E-state index contributed by atoms with van der Waals surface area (Å²) in [6.07, 6.45) is -22.0. The highest BCUT2D eigenvalue weighted by Gasteiger charge is 2.91. The maximum Gasteiger partial charge on any atom is 0.428 e. The summed E-state index contributed by atoms with van der Waals surface area (Å²) < 4.78 is 127. The van der Waals surface area contributed by atoms with Crippen molar-refractivity contribution in [1.29, 1.82) is 0 Å². The van der Waals surface area contributed by atoms with Gasteiger partial charge in [0.2, 0.25) is 0 Å². The molecule has 0 unspecified atom stereocenters. The normalized spacial score (nSPS) is 15.2. The zero-order chi connectivity index (χ0) is 14.5. The molecular weight excluding hydrogens is 313 g/mol. The van der Waals surface area contributed by atoms with Gasteiger partial charge in [0.05, 0.1) is 0 Å². The number of alkyl halides is 9. The highest BCUT2D eigenvalue weighted by molar-refractivity contribution is 7.87. The van der Waals surface area contributed by atoms with Gasteiger partial charge in [-0.3, -0.25) is 4.55 Å². The molecule has 0 bridgehead atoms. The van der Waals surface area contributed by atoms with Gasteiger partial charge in [0, 0.05) is 0 Å². The first kappa shape index (κ1) is 19.6. The molecule has 0 rings (SSSR count). The predicted octanol–water partition coefficient (Wildman–Crippen LogP) is 2.46. The molecule has 0 spiro atoms. The second-order valence-corrected chi connectivity index (χ2v) is 4.21. The second kappa shape index (κ2) is 4.41. The smallest absolute Gasteiger partial charge is 0.344 e. The molecule has 0 heterocycles. The first-order valence-electron chi connectivity index (χ1n) is 3.17. The Hall–Kier alpha value is -0.760. The van der Waals surface area contributed by atoms with Crippen molar-refractivity contribution < 1.29 is 52.5 Å². The number of hydrogen-bond acceptors (Lipinski definition) is 3. The number of halogens is 9. The van der Waals surface area contributed by atoms with Crippen LogP contribution in [-0.4, -0.2) is 36.2 Å². The summed E-state index contributed by atoms with van der Waals surface area (Å²) in [4.78, 5) is 0. The Bertz CT molecular complexity index is 353. The van der Waals surface area contributed by atoms with Crippen LogP contribution in [0.1, 0.15) is 0 Å². The van der Waals surface area contributed by atoms with Gasteiger partial charge in [-0.25, -0.2) is 0 Å². The zero-order valence-electron chi connectivity index (χ0n) is 7.78. The van der Waals surface area contributed by atoms with Crippen LogP contribution in [0.2, 0.25) is 0 Å². The van der Waals surface area contributed by atoms with Gasteiger partial charge in [-0.05, 0) is 0 Å². The fourth-order valence-electron chi connectivity index (χ4n) is 0.921. The first-order valence-corrected chi connectivity index (χ1v) is 4.61. The van der Waals surface area contributed by atoms with Crippen LogP contribution in [0.4, 0.5) is 39.5 Å². The van der Waals surface area contributed by atoms with Gasteiger partial charge in [-0.15, -0.1) is 0 Å². The van der Waals surface area contributed by atoms with E-state index in [1.165, 1.54) is 0 Å². The highest BCUT2D eigenvalue weighted by atomic mass is 32.2. The molecule has 0 radical (unpaired) electrons. The van der Waals surface area contributed by atoms with E-state index < -0.39 is 33.4 Å². The van der Waals surface area contributed by atoms with Crippen LogP contribution in [0.5, 0.6) is 0 Å². The Labute approximate surface area is 93.1 Å². The Balaban J connectivity index is 0. The SMILES string of the molecule is N.O=S(=O)(O)C(C(F)(F)F)(C(F)(F)F)C(F)(F)F. The first-order chi connectivity index (χ1) is 7.00. The molecule has 0 saturated carbocycles. The monoisotopic (exact) mass is 317 g/mol. The molecule has 18 heavy (non-hydrogen) atoms. The molecule has 0 aromatic heterocycles. The van der Waals surface area contributed by atoms with Crippen molar-refractivity contribution in [2.24, 2.45) is 0 Å². The average Bonchev–Trinajstić information content (AvgIpc) is 1.67. The summed E-state index contributed by atoms with van der Waals surface area (Å²) in [5, 5.41) is 0. The minimum absolute atomic E-state index is 0. The maximum absolute atomic E-state index is 11.9. The zero-order valence-corrected chi connectivity index (χ0v) is 8.60. The van der Waals surface area contributed by atoms with Crippen LogP contribution in [0.15, 0.2) is 0 Å². The second-order valence-electron chi connectivity index (χ2n) is 2.65. The summed E-state index contributed by atoms with van der Waals surface area (Å²) in [7, 11) is -7.57. The van der Waals surface area contributed by atoms with Crippen molar-refractivity contribution in [3.63, 3.8) is 0 Å². The van der Waals surface area contributed by atoms with Gasteiger partial charge in [-0.1, -0.05) is 0 Å². The average molecular weight is 317 g/mol. The van der Waals surface area contributed by atoms with Crippen LogP contribution in [0.25, 0.3) is 0 Å². The molecule has 0 aromatic rings. The fourth-order valence-corrected chi connectivity index (χ4v) is 1.80. The van der Waals surface area contributed by atoms with E-state index in [9.17, 15) is 47.9 Å². The molecule has 0 saturated heterocycles. The van der Waals surface area contributed by atoms with Crippen LogP contribution >= 0.6 is 0 Å². The predicted molar refractivity (Wildman–Crippen MR) is 37.5 cm³/mol. The lowest BCUT2D eigenvalue weighted by Gasteiger charge is -2.35. The van der Waals surface area contributed by atoms with Crippen molar-refractivity contribution in [3.05, 3.63) is 0 Å². The van der Waals surface area contributed by atoms with Crippen LogP contribution in [0.3, 0.4) is 0 Å². The van der Waals surface area contributed by atoms with E-state index in [1.54, 1.807) is 0 Å². The van der Waals surface area contributed by atoms with E-state index in [-0.39, 0.29) is 6.15 Å². The van der Waals surface area contributed by atoms with Gasteiger partial charge >= 0.3 is 23.3 Å². The van der Waals surface area contributed by atoms with Gasteiger partial charge in [0.1, 0.15) is 0 Å². The summed E-state index contributed by atoms with van der Waals surface area (Å²) >= 11 is 0. The summed E-state index contributed by atoms with van der Waals surface area (Å²) in [5.41, 5.74) is 0. The number of rotatable bonds is 1. The molecule has 4 nitrogen and oxygen atoms in total. The van der Waals surface area contributed by atoms with E-state index in [0.29, 0.717) is 0 Å². The summed E-state index contributed by atoms with van der Waals surface area (Å²) in [6.45, 7) is 0. The molecule has 0 atom stereocenters. The molecular formula is C4H4F9NO3S. The highest BCUT2D eigenvalue weighted by Crippen LogP contribution is 2.56. The molecule has 14 heteroatoms. The third-order valence-corrected chi connectivity index (χ3v) is 3.05. The van der Waals surface area contributed by atoms with Crippen LogP contribution < -0.4 is 6.15 Å². The maximum atomic E-state index is 11.9. The molecule has 4 N–H and O–H groups in total. The van der Waals surface area contributed by atoms with E-state index in [2.05, 4.69) is 0 Å². The summed E-state index contributed by atoms with van der Waals surface area (Å²) in [6, 6.07) is 0. The Kier molecular flexibility index (Phi) is 4.80. The van der Waals surface area contributed by atoms with Crippen molar-refractivity contribution in [2.45, 2.75) is 23.3 Å². The Morgan fingerprint density at radius 2 is 0.833 bits per heavy atom. The molecule has 0 amide bonds. The Morgan fingerprint density at radius 3 is 0.833 bits per heavy atom. The lowest BCUT2D eigenvalue weighted by atomic mass is 10.1. The van der Waals surface area contributed by atoms with E-state index >= 15 is 0 Å². The van der Waals surface area contributed by atoms with Gasteiger partial charge in [0.25, 0.3) is 10.1 Å². The van der Waals surface area contributed by atoms with Crippen LogP contribution in [0, 0.1) is 0 Å². The van der Waals surface area contributed by atoms with Crippen molar-refractivity contribution in [2.75, 3.05) is 0 Å². The molecule has 112 valence electrons.